The maximum absolute atomic E-state index is 14.0. The van der Waals surface area contributed by atoms with Crippen molar-refractivity contribution in [2.24, 2.45) is 0 Å². The lowest BCUT2D eigenvalue weighted by atomic mass is 10.2. The molecular formula is C21H20Cl2FNO2S. The Balaban J connectivity index is 1.73. The minimum Gasteiger partial charge on any atom is -0.490 e. The number of nitrogens with one attached hydrogen (secondary N) is 1. The van der Waals surface area contributed by atoms with E-state index in [1.54, 1.807) is 23.5 Å². The SMILES string of the molecule is CCOc1cc(CNCc2cccs2)cc(Cl)c1OCc1c(F)cccc1Cl. The molecule has 0 saturated heterocycles. The molecule has 0 unspecified atom stereocenters. The first kappa shape index (κ1) is 20.9. The monoisotopic (exact) mass is 439 g/mol. The van der Waals surface area contributed by atoms with Crippen molar-refractivity contribution in [2.75, 3.05) is 6.61 Å². The predicted octanol–water partition coefficient (Wildman–Crippen LogP) is 6.46. The van der Waals surface area contributed by atoms with Crippen molar-refractivity contribution in [3.8, 4) is 11.5 Å². The minimum atomic E-state index is -0.420. The fourth-order valence-electron chi connectivity index (χ4n) is 2.68. The number of hydrogen-bond acceptors (Lipinski definition) is 4. The van der Waals surface area contributed by atoms with Gasteiger partial charge in [-0.25, -0.2) is 4.39 Å². The van der Waals surface area contributed by atoms with Gasteiger partial charge in [-0.2, -0.15) is 0 Å². The molecule has 7 heteroatoms. The molecule has 0 atom stereocenters. The fraction of sp³-hybridized carbons (Fsp3) is 0.238. The molecule has 0 aliphatic carbocycles. The van der Waals surface area contributed by atoms with E-state index in [2.05, 4.69) is 16.8 Å². The van der Waals surface area contributed by atoms with Crippen LogP contribution in [0.5, 0.6) is 11.5 Å². The minimum absolute atomic E-state index is 0.0404. The molecule has 0 fully saturated rings. The van der Waals surface area contributed by atoms with Crippen LogP contribution >= 0.6 is 34.5 Å². The van der Waals surface area contributed by atoms with Crippen LogP contribution in [0.3, 0.4) is 0 Å². The van der Waals surface area contributed by atoms with Crippen molar-refractivity contribution in [3.05, 3.63) is 79.7 Å². The smallest absolute Gasteiger partial charge is 0.180 e. The Morgan fingerprint density at radius 2 is 1.89 bits per heavy atom. The molecule has 1 heterocycles. The van der Waals surface area contributed by atoms with E-state index in [1.807, 2.05) is 25.1 Å². The maximum Gasteiger partial charge on any atom is 0.180 e. The number of thiophene rings is 1. The van der Waals surface area contributed by atoms with Crippen molar-refractivity contribution in [2.45, 2.75) is 26.6 Å². The summed E-state index contributed by atoms with van der Waals surface area (Å²) in [6.07, 6.45) is 0. The first-order valence-corrected chi connectivity index (χ1v) is 10.5. The topological polar surface area (TPSA) is 30.5 Å². The van der Waals surface area contributed by atoms with Crippen LogP contribution in [-0.2, 0) is 19.7 Å². The molecule has 3 nitrogen and oxygen atoms in total. The lowest BCUT2D eigenvalue weighted by Crippen LogP contribution is -2.12. The average Bonchev–Trinajstić information content (AvgIpc) is 3.17. The zero-order chi connectivity index (χ0) is 19.9. The van der Waals surface area contributed by atoms with Crippen molar-refractivity contribution in [1.29, 1.82) is 0 Å². The van der Waals surface area contributed by atoms with Crippen molar-refractivity contribution in [3.63, 3.8) is 0 Å². The van der Waals surface area contributed by atoms with E-state index in [0.29, 0.717) is 34.7 Å². The average molecular weight is 440 g/mol. The number of ether oxygens (including phenoxy) is 2. The summed E-state index contributed by atoms with van der Waals surface area (Å²) in [5.74, 6) is 0.483. The summed E-state index contributed by atoms with van der Waals surface area (Å²) in [5, 5.41) is 6.15. The van der Waals surface area contributed by atoms with E-state index in [-0.39, 0.29) is 12.2 Å². The second kappa shape index (κ2) is 10.1. The van der Waals surface area contributed by atoms with E-state index in [0.717, 1.165) is 12.1 Å². The lowest BCUT2D eigenvalue weighted by Gasteiger charge is -2.16. The third kappa shape index (κ3) is 5.39. The molecule has 1 N–H and O–H groups in total. The third-order valence-electron chi connectivity index (χ3n) is 4.00. The third-order valence-corrected chi connectivity index (χ3v) is 5.51. The highest BCUT2D eigenvalue weighted by Gasteiger charge is 2.15. The summed E-state index contributed by atoms with van der Waals surface area (Å²) in [6.45, 7) is 3.72. The van der Waals surface area contributed by atoms with Gasteiger partial charge < -0.3 is 14.8 Å². The highest BCUT2D eigenvalue weighted by atomic mass is 35.5. The summed E-state index contributed by atoms with van der Waals surface area (Å²) in [4.78, 5) is 1.26. The molecule has 0 amide bonds. The van der Waals surface area contributed by atoms with E-state index < -0.39 is 5.82 Å². The van der Waals surface area contributed by atoms with Crippen LogP contribution in [0.1, 0.15) is 22.9 Å². The zero-order valence-corrected chi connectivity index (χ0v) is 17.6. The Bertz CT molecular complexity index is 899. The molecule has 0 bridgehead atoms. The number of benzene rings is 2. The Labute approximate surface area is 178 Å². The Kier molecular flexibility index (Phi) is 7.57. The first-order valence-electron chi connectivity index (χ1n) is 8.82. The molecule has 28 heavy (non-hydrogen) atoms. The van der Waals surface area contributed by atoms with Gasteiger partial charge >= 0.3 is 0 Å². The predicted molar refractivity (Wildman–Crippen MR) is 113 cm³/mol. The highest BCUT2D eigenvalue weighted by molar-refractivity contribution is 7.09. The number of rotatable bonds is 9. The molecule has 0 radical (unpaired) electrons. The van der Waals surface area contributed by atoms with Gasteiger partial charge in [-0.1, -0.05) is 35.3 Å². The number of hydrogen-bond donors (Lipinski definition) is 1. The van der Waals surface area contributed by atoms with Gasteiger partial charge in [0, 0.05) is 23.5 Å². The standard InChI is InChI=1S/C21H20Cl2FNO2S/c1-2-26-20-10-14(11-25-12-15-5-4-8-28-15)9-18(23)21(20)27-13-16-17(22)6-3-7-19(16)24/h3-10,25H,2,11-13H2,1H3. The summed E-state index contributed by atoms with van der Waals surface area (Å²) >= 11 is 14.2. The molecule has 0 aliphatic heterocycles. The molecule has 148 valence electrons. The van der Waals surface area contributed by atoms with E-state index in [4.69, 9.17) is 32.7 Å². The number of halogens is 3. The van der Waals surface area contributed by atoms with Gasteiger partial charge in [0.2, 0.25) is 0 Å². The first-order chi connectivity index (χ1) is 13.6. The molecule has 0 aliphatic rings. The van der Waals surface area contributed by atoms with Gasteiger partial charge in [-0.3, -0.25) is 0 Å². The van der Waals surface area contributed by atoms with Crippen LogP contribution in [0.15, 0.2) is 47.8 Å². The molecule has 3 aromatic rings. The molecular weight excluding hydrogens is 420 g/mol. The summed E-state index contributed by atoms with van der Waals surface area (Å²) in [6, 6.07) is 12.3. The van der Waals surface area contributed by atoms with Crippen LogP contribution in [0.25, 0.3) is 0 Å². The summed E-state index contributed by atoms with van der Waals surface area (Å²) < 4.78 is 25.5. The van der Waals surface area contributed by atoms with Gasteiger partial charge in [0.05, 0.1) is 16.7 Å². The van der Waals surface area contributed by atoms with Crippen molar-refractivity contribution >= 4 is 34.5 Å². The van der Waals surface area contributed by atoms with Crippen LogP contribution < -0.4 is 14.8 Å². The maximum atomic E-state index is 14.0. The Hall–Kier alpha value is -1.79. The van der Waals surface area contributed by atoms with E-state index >= 15 is 0 Å². The summed E-state index contributed by atoms with van der Waals surface area (Å²) in [5.41, 5.74) is 1.26. The second-order valence-corrected chi connectivity index (χ2v) is 7.86. The summed E-state index contributed by atoms with van der Waals surface area (Å²) in [7, 11) is 0. The Morgan fingerprint density at radius 1 is 1.04 bits per heavy atom. The van der Waals surface area contributed by atoms with Crippen molar-refractivity contribution < 1.29 is 13.9 Å². The molecule has 3 rings (SSSR count). The second-order valence-electron chi connectivity index (χ2n) is 6.01. The van der Waals surface area contributed by atoms with Crippen LogP contribution in [0.2, 0.25) is 10.0 Å². The normalized spacial score (nSPS) is 10.9. The lowest BCUT2D eigenvalue weighted by molar-refractivity contribution is 0.266. The van der Waals surface area contributed by atoms with Gasteiger partial charge in [-0.15, -0.1) is 11.3 Å². The van der Waals surface area contributed by atoms with E-state index in [9.17, 15) is 4.39 Å². The fourth-order valence-corrected chi connectivity index (χ4v) is 3.86. The molecule has 0 spiro atoms. The Morgan fingerprint density at radius 3 is 2.61 bits per heavy atom. The zero-order valence-electron chi connectivity index (χ0n) is 15.3. The largest absolute Gasteiger partial charge is 0.490 e. The van der Waals surface area contributed by atoms with Gasteiger partial charge in [0.15, 0.2) is 11.5 Å². The van der Waals surface area contributed by atoms with Crippen LogP contribution in [0, 0.1) is 5.82 Å². The van der Waals surface area contributed by atoms with E-state index in [1.165, 1.54) is 10.9 Å². The van der Waals surface area contributed by atoms with Crippen LogP contribution in [0.4, 0.5) is 4.39 Å². The van der Waals surface area contributed by atoms with Gasteiger partial charge in [0.1, 0.15) is 12.4 Å². The quantitative estimate of drug-likeness (QED) is 0.414. The van der Waals surface area contributed by atoms with Gasteiger partial charge in [-0.05, 0) is 48.2 Å². The molecule has 0 saturated carbocycles. The highest BCUT2D eigenvalue weighted by Crippen LogP contribution is 2.37. The van der Waals surface area contributed by atoms with Crippen LogP contribution in [-0.4, -0.2) is 6.61 Å². The van der Waals surface area contributed by atoms with Gasteiger partial charge in [0.25, 0.3) is 0 Å². The molecule has 1 aromatic heterocycles. The van der Waals surface area contributed by atoms with Crippen molar-refractivity contribution in [1.82, 2.24) is 5.32 Å². The molecule has 2 aromatic carbocycles.